The van der Waals surface area contributed by atoms with Gasteiger partial charge >= 0.3 is 5.97 Å². The lowest BCUT2D eigenvalue weighted by Gasteiger charge is -2.11. The van der Waals surface area contributed by atoms with Crippen LogP contribution in [-0.4, -0.2) is 27.3 Å². The zero-order valence-electron chi connectivity index (χ0n) is 12.6. The molecule has 1 aromatic heterocycles. The minimum atomic E-state index is -0.939. The first-order valence-electron chi connectivity index (χ1n) is 7.29. The number of aromatic nitrogens is 1. The van der Waals surface area contributed by atoms with Crippen molar-refractivity contribution in [3.63, 3.8) is 0 Å². The first-order chi connectivity index (χ1) is 12.0. The summed E-state index contributed by atoms with van der Waals surface area (Å²) in [6.07, 6.45) is -0.418. The molecule has 124 valence electrons. The smallest absolute Gasteiger partial charge is 0.339 e. The highest BCUT2D eigenvalue weighted by molar-refractivity contribution is 6.00. The molecule has 0 amide bonds. The summed E-state index contributed by atoms with van der Waals surface area (Å²) in [7, 11) is 0. The van der Waals surface area contributed by atoms with Gasteiger partial charge < -0.3 is 14.8 Å². The van der Waals surface area contributed by atoms with Crippen LogP contribution in [0.4, 0.5) is 5.69 Å². The number of nitro groups is 1. The molecule has 2 N–H and O–H groups in total. The Labute approximate surface area is 139 Å². The highest BCUT2D eigenvalue weighted by Crippen LogP contribution is 2.42. The number of aromatic hydroxyl groups is 1. The highest BCUT2D eigenvalue weighted by Gasteiger charge is 2.36. The van der Waals surface area contributed by atoms with Crippen LogP contribution in [0.15, 0.2) is 36.4 Å². The molecule has 1 aliphatic heterocycles. The van der Waals surface area contributed by atoms with Gasteiger partial charge in [-0.1, -0.05) is 12.1 Å². The van der Waals surface area contributed by atoms with Crippen LogP contribution in [0, 0.1) is 10.1 Å². The van der Waals surface area contributed by atoms with Gasteiger partial charge in [-0.2, -0.15) is 0 Å². The van der Waals surface area contributed by atoms with Crippen molar-refractivity contribution >= 4 is 28.8 Å². The number of ether oxygens (including phenoxy) is 1. The number of fused-ring (bicyclic) bond motifs is 2. The number of hydrogen-bond donors (Lipinski definition) is 2. The first-order valence-corrected chi connectivity index (χ1v) is 7.29. The summed E-state index contributed by atoms with van der Waals surface area (Å²) < 4.78 is 5.38. The van der Waals surface area contributed by atoms with Crippen LogP contribution in [0.5, 0.6) is 5.75 Å². The van der Waals surface area contributed by atoms with E-state index in [1.807, 2.05) is 0 Å². The van der Waals surface area contributed by atoms with Gasteiger partial charge in [0, 0.05) is 22.6 Å². The number of nitrogens with zero attached hydrogens (tertiary/aromatic N) is 1. The fourth-order valence-corrected chi connectivity index (χ4v) is 3.17. The Bertz CT molecular complexity index is 1070. The molecule has 0 bridgehead atoms. The number of hydrogen-bond acceptors (Lipinski definition) is 6. The number of nitrogens with one attached hydrogen (secondary N) is 1. The lowest BCUT2D eigenvalue weighted by atomic mass is 9.96. The zero-order chi connectivity index (χ0) is 17.7. The molecule has 1 unspecified atom stereocenters. The minimum Gasteiger partial charge on any atom is -0.508 e. The number of para-hydroxylation sites is 1. The second kappa shape index (κ2) is 5.17. The number of phenols is 1. The third-order valence-electron chi connectivity index (χ3n) is 4.22. The fraction of sp³-hybridized carbons (Fsp3) is 0.0588. The summed E-state index contributed by atoms with van der Waals surface area (Å²) in [5.74, 6) is -0.642. The molecular formula is C17H10N2O6. The van der Waals surface area contributed by atoms with Crippen molar-refractivity contribution in [1.29, 1.82) is 0 Å². The van der Waals surface area contributed by atoms with Crippen molar-refractivity contribution in [3.8, 4) is 5.75 Å². The molecule has 2 heterocycles. The molecule has 8 nitrogen and oxygen atoms in total. The summed E-state index contributed by atoms with van der Waals surface area (Å²) in [6, 6.07) is 8.60. The SMILES string of the molecule is O=Cc1[nH]c2c([N+](=O)[O-])cccc2c1C1OC(=O)c2ccc(O)cc21. The number of esters is 1. The van der Waals surface area contributed by atoms with Crippen LogP contribution < -0.4 is 0 Å². The van der Waals surface area contributed by atoms with Gasteiger partial charge in [0.05, 0.1) is 16.2 Å². The van der Waals surface area contributed by atoms with Crippen LogP contribution >= 0.6 is 0 Å². The number of benzene rings is 2. The van der Waals surface area contributed by atoms with E-state index in [-0.39, 0.29) is 28.2 Å². The predicted molar refractivity (Wildman–Crippen MR) is 85.7 cm³/mol. The second-order valence-electron chi connectivity index (χ2n) is 5.58. The molecular weight excluding hydrogens is 328 g/mol. The Hall–Kier alpha value is -3.68. The van der Waals surface area contributed by atoms with Gasteiger partial charge in [-0.25, -0.2) is 4.79 Å². The third-order valence-corrected chi connectivity index (χ3v) is 4.22. The number of H-pyrrole nitrogens is 1. The molecule has 1 aliphatic rings. The number of aldehydes is 1. The molecule has 0 aliphatic carbocycles. The van der Waals surface area contributed by atoms with Crippen molar-refractivity contribution in [2.45, 2.75) is 6.10 Å². The number of non-ortho nitro benzene ring substituents is 1. The maximum Gasteiger partial charge on any atom is 0.339 e. The van der Waals surface area contributed by atoms with Crippen LogP contribution in [0.1, 0.15) is 38.1 Å². The van der Waals surface area contributed by atoms with Crippen LogP contribution in [0.25, 0.3) is 10.9 Å². The molecule has 0 saturated carbocycles. The predicted octanol–water partition coefficient (Wildman–Crippen LogP) is 2.85. The van der Waals surface area contributed by atoms with Gasteiger partial charge in [-0.15, -0.1) is 0 Å². The van der Waals surface area contributed by atoms with E-state index in [0.717, 1.165) is 0 Å². The van der Waals surface area contributed by atoms with Crippen LogP contribution in [0.2, 0.25) is 0 Å². The van der Waals surface area contributed by atoms with E-state index in [1.165, 1.54) is 30.3 Å². The maximum atomic E-state index is 12.1. The molecule has 0 fully saturated rings. The lowest BCUT2D eigenvalue weighted by molar-refractivity contribution is -0.383. The van der Waals surface area contributed by atoms with Gasteiger partial charge in [0.25, 0.3) is 5.69 Å². The van der Waals surface area contributed by atoms with Gasteiger partial charge in [0.2, 0.25) is 0 Å². The molecule has 2 aromatic carbocycles. The van der Waals surface area contributed by atoms with E-state index in [2.05, 4.69) is 4.98 Å². The Balaban J connectivity index is 2.02. The van der Waals surface area contributed by atoms with Crippen molar-refractivity contribution < 1.29 is 24.4 Å². The number of aromatic amines is 1. The number of carbonyl (C=O) groups is 2. The van der Waals surface area contributed by atoms with Crippen LogP contribution in [-0.2, 0) is 4.74 Å². The third kappa shape index (κ3) is 2.08. The van der Waals surface area contributed by atoms with Gasteiger partial charge in [-0.3, -0.25) is 14.9 Å². The molecule has 4 rings (SSSR count). The van der Waals surface area contributed by atoms with Gasteiger partial charge in [-0.05, 0) is 18.2 Å². The summed E-state index contributed by atoms with van der Waals surface area (Å²) in [5.41, 5.74) is 1.08. The van der Waals surface area contributed by atoms with E-state index in [9.17, 15) is 24.8 Å². The van der Waals surface area contributed by atoms with E-state index in [4.69, 9.17) is 4.74 Å². The number of carbonyl (C=O) groups excluding carboxylic acids is 2. The quantitative estimate of drug-likeness (QED) is 0.328. The van der Waals surface area contributed by atoms with E-state index >= 15 is 0 Å². The normalized spacial score (nSPS) is 15.8. The summed E-state index contributed by atoms with van der Waals surface area (Å²) in [4.78, 5) is 37.0. The monoisotopic (exact) mass is 338 g/mol. The zero-order valence-corrected chi connectivity index (χ0v) is 12.6. The maximum absolute atomic E-state index is 12.1. The topological polar surface area (TPSA) is 123 Å². The summed E-state index contributed by atoms with van der Waals surface area (Å²) in [5, 5.41) is 21.3. The average Bonchev–Trinajstić information content (AvgIpc) is 3.11. The second-order valence-corrected chi connectivity index (χ2v) is 5.58. The number of rotatable bonds is 3. The number of cyclic esters (lactones) is 1. The van der Waals surface area contributed by atoms with Gasteiger partial charge in [0.1, 0.15) is 11.3 Å². The van der Waals surface area contributed by atoms with Crippen molar-refractivity contribution in [1.82, 2.24) is 4.98 Å². The van der Waals surface area contributed by atoms with Crippen molar-refractivity contribution in [2.24, 2.45) is 0 Å². The molecule has 1 atom stereocenters. The standard InChI is InChI=1S/C17H10N2O6/c20-7-12-14(10-2-1-3-13(19(23)24)15(10)18-12)16-11-6-8(21)4-5-9(11)17(22)25-16/h1-7,16,18,21H. The Kier molecular flexibility index (Phi) is 3.08. The molecule has 3 aromatic rings. The molecule has 0 spiro atoms. The first kappa shape index (κ1) is 14.9. The molecule has 8 heteroatoms. The van der Waals surface area contributed by atoms with E-state index in [0.29, 0.717) is 22.8 Å². The molecule has 25 heavy (non-hydrogen) atoms. The lowest BCUT2D eigenvalue weighted by Crippen LogP contribution is -2.03. The van der Waals surface area contributed by atoms with Crippen molar-refractivity contribution in [2.75, 3.05) is 0 Å². The molecule has 0 radical (unpaired) electrons. The summed E-state index contributed by atoms with van der Waals surface area (Å²) in [6.45, 7) is 0. The summed E-state index contributed by atoms with van der Waals surface area (Å²) >= 11 is 0. The highest BCUT2D eigenvalue weighted by atomic mass is 16.6. The van der Waals surface area contributed by atoms with E-state index in [1.54, 1.807) is 6.07 Å². The van der Waals surface area contributed by atoms with Crippen LogP contribution in [0.3, 0.4) is 0 Å². The Morgan fingerprint density at radius 2 is 2.08 bits per heavy atom. The minimum absolute atomic E-state index is 0.0551. The number of nitro benzene ring substituents is 1. The Morgan fingerprint density at radius 3 is 2.80 bits per heavy atom. The number of phenolic OH excluding ortho intramolecular Hbond substituents is 1. The largest absolute Gasteiger partial charge is 0.508 e. The van der Waals surface area contributed by atoms with Crippen molar-refractivity contribution in [3.05, 3.63) is 68.9 Å². The van der Waals surface area contributed by atoms with E-state index < -0.39 is 17.0 Å². The average molecular weight is 338 g/mol. The fourth-order valence-electron chi connectivity index (χ4n) is 3.17. The molecule has 0 saturated heterocycles. The Morgan fingerprint density at radius 1 is 1.28 bits per heavy atom. The van der Waals surface area contributed by atoms with Gasteiger partial charge in [0.15, 0.2) is 12.4 Å².